The number of hydrogen-bond acceptors (Lipinski definition) is 3. The van der Waals surface area contributed by atoms with E-state index < -0.39 is 0 Å². The molecule has 3 aromatic rings. The van der Waals surface area contributed by atoms with E-state index in [1.165, 1.54) is 5.56 Å². The molecule has 2 aromatic heterocycles. The fraction of sp³-hybridized carbons (Fsp3) is 0.364. The first kappa shape index (κ1) is 34.4. The van der Waals surface area contributed by atoms with Gasteiger partial charge in [-0.3, -0.25) is 9.97 Å². The molecule has 25 heavy (non-hydrogen) atoms. The van der Waals surface area contributed by atoms with Crippen molar-refractivity contribution in [3.63, 3.8) is 0 Å². The smallest absolute Gasteiger partial charge is 0.0791 e. The highest BCUT2D eigenvalue weighted by Gasteiger charge is 1.72. The molecule has 0 saturated carbocycles. The predicted molar refractivity (Wildman–Crippen MR) is 120 cm³/mol. The van der Waals surface area contributed by atoms with Gasteiger partial charge >= 0.3 is 0 Å². The van der Waals surface area contributed by atoms with Crippen LogP contribution in [0.25, 0.3) is 0 Å². The van der Waals surface area contributed by atoms with Crippen LogP contribution in [0.3, 0.4) is 0 Å². The summed E-state index contributed by atoms with van der Waals surface area (Å²) >= 11 is 1.60. The molecule has 0 amide bonds. The number of nitrogens with zero attached hydrogens (tertiary/aromatic N) is 2. The Kier molecular flexibility index (Phi) is 46.1. The maximum absolute atomic E-state index is 3.78. The Bertz CT molecular complexity index is 424. The van der Waals surface area contributed by atoms with Crippen molar-refractivity contribution in [3.05, 3.63) is 83.6 Å². The molecular weight excluding hydrogens is 324 g/mol. The number of benzene rings is 1. The summed E-state index contributed by atoms with van der Waals surface area (Å²) in [6, 6.07) is 16.0. The van der Waals surface area contributed by atoms with E-state index in [-0.39, 0.29) is 22.3 Å². The van der Waals surface area contributed by atoms with Crippen molar-refractivity contribution in [2.24, 2.45) is 0 Å². The predicted octanol–water partition coefficient (Wildman–Crippen LogP) is 8.18. The van der Waals surface area contributed by atoms with Crippen molar-refractivity contribution in [2.75, 3.05) is 0 Å². The summed E-state index contributed by atoms with van der Waals surface area (Å²) in [5.41, 5.74) is 3.11. The third-order valence-electron chi connectivity index (χ3n) is 1.85. The summed E-state index contributed by atoms with van der Waals surface area (Å²) < 4.78 is 0. The third kappa shape index (κ3) is 30.4. The average Bonchev–Trinajstić information content (AvgIpc) is 3.21. The average molecular weight is 365 g/mol. The highest BCUT2D eigenvalue weighted by molar-refractivity contribution is 7.07. The van der Waals surface area contributed by atoms with Crippen molar-refractivity contribution in [3.8, 4) is 0 Å². The number of pyridine rings is 1. The fourth-order valence-electron chi connectivity index (χ4n) is 1.02. The largest absolute Gasteiger partial charge is 0.265 e. The van der Waals surface area contributed by atoms with Gasteiger partial charge in [0, 0.05) is 24.0 Å². The fourth-order valence-corrected chi connectivity index (χ4v) is 1.37. The van der Waals surface area contributed by atoms with Gasteiger partial charge in [-0.05, 0) is 19.1 Å². The van der Waals surface area contributed by atoms with Crippen LogP contribution in [0.5, 0.6) is 0 Å². The van der Waals surface area contributed by atoms with E-state index in [1.807, 2.05) is 69.5 Å². The van der Waals surface area contributed by atoms with E-state index in [1.54, 1.807) is 35.4 Å². The van der Waals surface area contributed by atoms with E-state index in [4.69, 9.17) is 0 Å². The molecule has 0 unspecified atom stereocenters. The van der Waals surface area contributed by atoms with Crippen LogP contribution in [0.2, 0.25) is 0 Å². The van der Waals surface area contributed by atoms with Gasteiger partial charge in [0.15, 0.2) is 0 Å². The molecular formula is C22H40N2S. The molecule has 0 N–H and O–H groups in total. The Balaban J connectivity index is -0.0000000694. The lowest BCUT2D eigenvalue weighted by Crippen LogP contribution is -1.62. The first-order chi connectivity index (χ1) is 10.9. The van der Waals surface area contributed by atoms with Crippen LogP contribution in [-0.4, -0.2) is 9.97 Å². The Labute approximate surface area is 162 Å². The Morgan fingerprint density at radius 3 is 1.28 bits per heavy atom. The zero-order valence-electron chi connectivity index (χ0n) is 14.3. The lowest BCUT2D eigenvalue weighted by Gasteiger charge is -1.82. The quantitative estimate of drug-likeness (QED) is 0.402. The van der Waals surface area contributed by atoms with Crippen molar-refractivity contribution in [1.29, 1.82) is 0 Å². The van der Waals surface area contributed by atoms with E-state index in [9.17, 15) is 0 Å². The molecule has 144 valence electrons. The molecule has 0 aliphatic heterocycles. The maximum atomic E-state index is 3.78. The molecule has 0 radical (unpaired) electrons. The first-order valence-corrected chi connectivity index (χ1v) is 8.52. The van der Waals surface area contributed by atoms with Gasteiger partial charge in [-0.1, -0.05) is 91.9 Å². The molecule has 2 heterocycles. The lowest BCUT2D eigenvalue weighted by atomic mass is 10.2. The highest BCUT2D eigenvalue weighted by Crippen LogP contribution is 1.92. The third-order valence-corrected chi connectivity index (χ3v) is 2.38. The molecule has 3 heteroatoms. The standard InChI is InChI=1S/C7H8.C5H5N.C3H3NS.2C2H6.3CH4/c1-7-5-3-2-4-6-7;1-2-4-6-5-3-1;1-2-5-3-4-1;2*1-2;;;/h2-6H,1H3;1-5H;1-3H;2*1-2H3;3*1H4. The topological polar surface area (TPSA) is 25.8 Å². The van der Waals surface area contributed by atoms with Crippen molar-refractivity contribution >= 4 is 11.3 Å². The summed E-state index contributed by atoms with van der Waals surface area (Å²) in [5, 5.41) is 1.93. The Morgan fingerprint density at radius 2 is 1.12 bits per heavy atom. The van der Waals surface area contributed by atoms with E-state index in [2.05, 4.69) is 29.0 Å². The summed E-state index contributed by atoms with van der Waals surface area (Å²) in [6.07, 6.45) is 5.27. The second-order valence-electron chi connectivity index (χ2n) is 3.35. The Hall–Kier alpha value is -2.00. The van der Waals surface area contributed by atoms with E-state index in [0.717, 1.165) is 0 Å². The zero-order chi connectivity index (χ0) is 16.9. The minimum Gasteiger partial charge on any atom is -0.265 e. The minimum absolute atomic E-state index is 0. The molecule has 2 nitrogen and oxygen atoms in total. The summed E-state index contributed by atoms with van der Waals surface area (Å²) in [5.74, 6) is 0. The van der Waals surface area contributed by atoms with Crippen molar-refractivity contribution < 1.29 is 0 Å². The van der Waals surface area contributed by atoms with Crippen LogP contribution in [0.1, 0.15) is 55.5 Å². The van der Waals surface area contributed by atoms with Gasteiger partial charge in [0.2, 0.25) is 0 Å². The molecule has 0 atom stereocenters. The van der Waals surface area contributed by atoms with Crippen LogP contribution in [0.4, 0.5) is 0 Å². The van der Waals surface area contributed by atoms with Gasteiger partial charge in [-0.2, -0.15) is 0 Å². The first-order valence-electron chi connectivity index (χ1n) is 7.58. The van der Waals surface area contributed by atoms with Crippen LogP contribution in [0, 0.1) is 6.92 Å². The summed E-state index contributed by atoms with van der Waals surface area (Å²) in [4.78, 5) is 7.53. The SMILES string of the molecule is C.C.C.CC.CC.Cc1ccccc1.c1ccncc1.c1cscn1. The van der Waals surface area contributed by atoms with Gasteiger partial charge in [0.05, 0.1) is 5.51 Å². The van der Waals surface area contributed by atoms with Crippen LogP contribution in [-0.2, 0) is 0 Å². The van der Waals surface area contributed by atoms with Crippen LogP contribution < -0.4 is 0 Å². The van der Waals surface area contributed by atoms with Gasteiger partial charge in [0.1, 0.15) is 0 Å². The Morgan fingerprint density at radius 1 is 0.640 bits per heavy atom. The number of hydrogen-bond donors (Lipinski definition) is 0. The molecule has 3 rings (SSSR count). The zero-order valence-corrected chi connectivity index (χ0v) is 15.1. The summed E-state index contributed by atoms with van der Waals surface area (Å²) in [7, 11) is 0. The molecule has 0 spiro atoms. The molecule has 0 bridgehead atoms. The van der Waals surface area contributed by atoms with Crippen molar-refractivity contribution in [2.45, 2.75) is 56.9 Å². The normalized spacial score (nSPS) is 6.44. The lowest BCUT2D eigenvalue weighted by molar-refractivity contribution is 1.33. The van der Waals surface area contributed by atoms with Crippen LogP contribution >= 0.6 is 11.3 Å². The molecule has 0 saturated heterocycles. The number of aryl methyl sites for hydroxylation is 1. The number of thiazole rings is 1. The van der Waals surface area contributed by atoms with Gasteiger partial charge in [-0.15, -0.1) is 11.3 Å². The van der Waals surface area contributed by atoms with Crippen LogP contribution in [0.15, 0.2) is 78.0 Å². The van der Waals surface area contributed by atoms with E-state index in [0.29, 0.717) is 0 Å². The van der Waals surface area contributed by atoms with E-state index >= 15 is 0 Å². The number of aromatic nitrogens is 2. The maximum Gasteiger partial charge on any atom is 0.0791 e. The van der Waals surface area contributed by atoms with Gasteiger partial charge < -0.3 is 0 Å². The van der Waals surface area contributed by atoms with Gasteiger partial charge in [-0.25, -0.2) is 0 Å². The summed E-state index contributed by atoms with van der Waals surface area (Å²) in [6.45, 7) is 10.1. The molecule has 0 fully saturated rings. The second-order valence-corrected chi connectivity index (χ2v) is 4.11. The molecule has 0 aliphatic rings. The van der Waals surface area contributed by atoms with Gasteiger partial charge in [0.25, 0.3) is 0 Å². The second kappa shape index (κ2) is 33.6. The van der Waals surface area contributed by atoms with Crippen molar-refractivity contribution in [1.82, 2.24) is 9.97 Å². The molecule has 0 aliphatic carbocycles. The highest BCUT2D eigenvalue weighted by atomic mass is 32.1. The molecule has 1 aromatic carbocycles. The minimum atomic E-state index is 0. The monoisotopic (exact) mass is 364 g/mol. The number of rotatable bonds is 0.